The van der Waals surface area contributed by atoms with E-state index in [0.29, 0.717) is 50.4 Å². The first kappa shape index (κ1) is 36.7. The third kappa shape index (κ3) is 7.55. The highest BCUT2D eigenvalue weighted by Crippen LogP contribution is 2.47. The molecule has 0 bridgehead atoms. The Morgan fingerprint density at radius 1 is 0.800 bits per heavy atom. The lowest BCUT2D eigenvalue weighted by Gasteiger charge is -2.53. The van der Waals surface area contributed by atoms with Gasteiger partial charge < -0.3 is 24.2 Å². The average molecular weight is 745 g/mol. The molecule has 13 heteroatoms. The summed E-state index contributed by atoms with van der Waals surface area (Å²) in [6, 6.07) is 26.1. The quantitative estimate of drug-likeness (QED) is 0.184. The Morgan fingerprint density at radius 3 is 2.09 bits per heavy atom. The van der Waals surface area contributed by atoms with Gasteiger partial charge in [0.2, 0.25) is 0 Å². The number of methoxy groups -OCH3 is 2. The minimum Gasteiger partial charge on any atom is -0.493 e. The molecule has 13 nitrogen and oxygen atoms in total. The van der Waals surface area contributed by atoms with Crippen molar-refractivity contribution in [3.63, 3.8) is 0 Å². The Balaban J connectivity index is 0.963. The summed E-state index contributed by atoms with van der Waals surface area (Å²) in [7, 11) is 5.25. The summed E-state index contributed by atoms with van der Waals surface area (Å²) in [5.74, 6) is 2.31. The molecule has 0 unspecified atom stereocenters. The molecule has 55 heavy (non-hydrogen) atoms. The van der Waals surface area contributed by atoms with Gasteiger partial charge in [0, 0.05) is 84.6 Å². The molecule has 5 aromatic rings. The van der Waals surface area contributed by atoms with E-state index < -0.39 is 0 Å². The molecule has 0 atom stereocenters. The number of carbonyl (C=O) groups excluding carboxylic acids is 1. The normalized spacial score (nSPS) is 17.2. The molecule has 1 spiro atoms. The molecule has 3 aliphatic heterocycles. The van der Waals surface area contributed by atoms with Gasteiger partial charge in [0.1, 0.15) is 6.33 Å². The van der Waals surface area contributed by atoms with E-state index in [9.17, 15) is 4.79 Å². The number of anilines is 1. The molecule has 3 aliphatic rings. The molecule has 0 saturated carbocycles. The monoisotopic (exact) mass is 744 g/mol. The second-order valence-electron chi connectivity index (χ2n) is 15.0. The molecule has 0 N–H and O–H groups in total. The number of benzene rings is 3. The number of piperazine rings is 1. The van der Waals surface area contributed by atoms with Crippen molar-refractivity contribution in [1.29, 1.82) is 0 Å². The van der Waals surface area contributed by atoms with Crippen LogP contribution in [-0.4, -0.2) is 124 Å². The second-order valence-corrected chi connectivity index (χ2v) is 15.0. The maximum absolute atomic E-state index is 14.1. The van der Waals surface area contributed by atoms with E-state index in [1.54, 1.807) is 25.2 Å². The smallest absolute Gasteiger partial charge is 0.320 e. The van der Waals surface area contributed by atoms with Crippen molar-refractivity contribution in [3.05, 3.63) is 101 Å². The van der Waals surface area contributed by atoms with Crippen LogP contribution in [0, 0.1) is 0 Å². The summed E-state index contributed by atoms with van der Waals surface area (Å²) in [5, 5.41) is 8.43. The molecule has 3 aromatic carbocycles. The van der Waals surface area contributed by atoms with E-state index in [1.807, 2.05) is 11.9 Å². The summed E-state index contributed by atoms with van der Waals surface area (Å²) < 4.78 is 13.3. The standard InChI is InChI=1S/C42H52N10O3/c1-47-39-38(45-46-47)40(44-31-43-39)49-23-25-51(26-24-49)41(53)50-21-16-42(17-22-50)35-28-37(55-3)36(54-2)27-34(35)15-20-52(42)19-10-18-48(29-32-11-6-4-7-12-32)30-33-13-8-5-9-14-33/h4-9,11-14,27-28,31H,10,15-26,29-30H2,1-3H3. The van der Waals surface area contributed by atoms with Crippen LogP contribution in [0.4, 0.5) is 10.6 Å². The van der Waals surface area contributed by atoms with E-state index in [1.165, 1.54) is 22.3 Å². The van der Waals surface area contributed by atoms with Crippen molar-refractivity contribution < 1.29 is 14.3 Å². The summed E-state index contributed by atoms with van der Waals surface area (Å²) >= 11 is 0. The fourth-order valence-corrected chi connectivity index (χ4v) is 8.94. The number of amides is 2. The number of urea groups is 1. The third-order valence-corrected chi connectivity index (χ3v) is 11.8. The van der Waals surface area contributed by atoms with Gasteiger partial charge in [-0.2, -0.15) is 0 Å². The predicted molar refractivity (Wildman–Crippen MR) is 212 cm³/mol. The van der Waals surface area contributed by atoms with E-state index >= 15 is 0 Å². The van der Waals surface area contributed by atoms with Gasteiger partial charge in [0.15, 0.2) is 28.5 Å². The summed E-state index contributed by atoms with van der Waals surface area (Å²) in [4.78, 5) is 34.5. The van der Waals surface area contributed by atoms with Crippen molar-refractivity contribution in [2.75, 3.05) is 78.0 Å². The highest BCUT2D eigenvalue weighted by molar-refractivity contribution is 5.83. The molecular formula is C42H52N10O3. The van der Waals surface area contributed by atoms with Crippen LogP contribution >= 0.6 is 0 Å². The van der Waals surface area contributed by atoms with Crippen molar-refractivity contribution >= 4 is 23.0 Å². The first-order valence-electron chi connectivity index (χ1n) is 19.6. The summed E-state index contributed by atoms with van der Waals surface area (Å²) in [5.41, 5.74) is 6.51. The molecule has 2 amide bonds. The molecule has 0 aliphatic carbocycles. The van der Waals surface area contributed by atoms with Gasteiger partial charge in [-0.3, -0.25) is 9.80 Å². The fourth-order valence-electron chi connectivity index (χ4n) is 8.94. The van der Waals surface area contributed by atoms with Gasteiger partial charge >= 0.3 is 6.03 Å². The maximum Gasteiger partial charge on any atom is 0.320 e. The average Bonchev–Trinajstić information content (AvgIpc) is 3.62. The first-order chi connectivity index (χ1) is 27.0. The van der Waals surface area contributed by atoms with Crippen LogP contribution in [0.2, 0.25) is 0 Å². The number of likely N-dealkylation sites (tertiary alicyclic amines) is 1. The zero-order valence-electron chi connectivity index (χ0n) is 32.3. The predicted octanol–water partition coefficient (Wildman–Crippen LogP) is 4.96. The van der Waals surface area contributed by atoms with Gasteiger partial charge in [-0.25, -0.2) is 19.4 Å². The lowest BCUT2D eigenvalue weighted by Crippen LogP contribution is -2.60. The number of rotatable bonds is 11. The van der Waals surface area contributed by atoms with E-state index in [2.05, 4.69) is 113 Å². The van der Waals surface area contributed by atoms with Crippen LogP contribution in [0.25, 0.3) is 11.2 Å². The van der Waals surface area contributed by atoms with Gasteiger partial charge in [-0.05, 0) is 60.1 Å². The number of hydrogen-bond acceptors (Lipinski definition) is 10. The number of aryl methyl sites for hydroxylation is 1. The molecule has 2 saturated heterocycles. The van der Waals surface area contributed by atoms with Crippen LogP contribution in [0.1, 0.15) is 41.5 Å². The minimum atomic E-state index is -0.193. The molecule has 8 rings (SSSR count). The highest BCUT2D eigenvalue weighted by atomic mass is 16.5. The molecule has 0 radical (unpaired) electrons. The van der Waals surface area contributed by atoms with Crippen LogP contribution in [0.3, 0.4) is 0 Å². The summed E-state index contributed by atoms with van der Waals surface area (Å²) in [6.45, 7) is 8.77. The highest BCUT2D eigenvalue weighted by Gasteiger charge is 2.46. The van der Waals surface area contributed by atoms with E-state index in [0.717, 1.165) is 75.7 Å². The largest absolute Gasteiger partial charge is 0.493 e. The number of aromatic nitrogens is 5. The SMILES string of the molecule is COc1cc2c(cc1OC)C1(CCN(C(=O)N3CCN(c4ncnc5c4nnn5C)CC3)CC1)N(CCCN(Cc1ccccc1)Cc1ccccc1)CC2. The number of ether oxygens (including phenoxy) is 2. The van der Waals surface area contributed by atoms with Crippen molar-refractivity contribution in [2.45, 2.75) is 44.3 Å². The summed E-state index contributed by atoms with van der Waals surface area (Å²) in [6.07, 6.45) is 5.29. The van der Waals surface area contributed by atoms with Gasteiger partial charge in [0.25, 0.3) is 0 Å². The Kier molecular flexibility index (Phi) is 10.8. The fraction of sp³-hybridized carbons (Fsp3) is 0.452. The van der Waals surface area contributed by atoms with Crippen LogP contribution < -0.4 is 14.4 Å². The van der Waals surface area contributed by atoms with Crippen LogP contribution in [-0.2, 0) is 32.1 Å². The van der Waals surface area contributed by atoms with Crippen molar-refractivity contribution in [3.8, 4) is 11.5 Å². The Labute approximate surface area is 323 Å². The molecule has 2 aromatic heterocycles. The topological polar surface area (TPSA) is 108 Å². The molecular weight excluding hydrogens is 693 g/mol. The molecule has 5 heterocycles. The van der Waals surface area contributed by atoms with Gasteiger partial charge in [0.05, 0.1) is 14.2 Å². The van der Waals surface area contributed by atoms with Crippen LogP contribution in [0.5, 0.6) is 11.5 Å². The minimum absolute atomic E-state index is 0.120. The second kappa shape index (κ2) is 16.2. The number of hydrogen-bond donors (Lipinski definition) is 0. The number of carbonyl (C=O) groups is 1. The number of piperidine rings is 1. The van der Waals surface area contributed by atoms with E-state index in [4.69, 9.17) is 9.47 Å². The Bertz CT molecular complexity index is 2020. The Hall–Kier alpha value is -5.27. The lowest BCUT2D eigenvalue weighted by molar-refractivity contribution is 0.0108. The molecule has 288 valence electrons. The van der Waals surface area contributed by atoms with Gasteiger partial charge in [-0.15, -0.1) is 5.10 Å². The zero-order valence-corrected chi connectivity index (χ0v) is 32.3. The Morgan fingerprint density at radius 2 is 1.44 bits per heavy atom. The van der Waals surface area contributed by atoms with Crippen molar-refractivity contribution in [1.82, 2.24) is 44.6 Å². The zero-order chi connectivity index (χ0) is 37.8. The van der Waals surface area contributed by atoms with E-state index in [-0.39, 0.29) is 11.6 Å². The first-order valence-corrected chi connectivity index (χ1v) is 19.6. The third-order valence-electron chi connectivity index (χ3n) is 11.8. The lowest BCUT2D eigenvalue weighted by atomic mass is 9.74. The van der Waals surface area contributed by atoms with Crippen molar-refractivity contribution in [2.24, 2.45) is 7.05 Å². The molecule has 2 fully saturated rings. The maximum atomic E-state index is 14.1. The van der Waals surface area contributed by atoms with Gasteiger partial charge in [-0.1, -0.05) is 65.9 Å². The van der Waals surface area contributed by atoms with Crippen LogP contribution in [0.15, 0.2) is 79.1 Å². The number of nitrogens with zero attached hydrogens (tertiary/aromatic N) is 10. The number of fused-ring (bicyclic) bond motifs is 3.